The van der Waals surface area contributed by atoms with E-state index in [0.717, 1.165) is 0 Å². The maximum Gasteiger partial charge on any atom is 0.260 e. The fraction of sp³-hybridized carbons (Fsp3) is 0.0714. The molecule has 1 amide bonds. The molecule has 5 nitrogen and oxygen atoms in total. The Bertz CT molecular complexity index is 650. The summed E-state index contributed by atoms with van der Waals surface area (Å²) >= 11 is 0. The van der Waals surface area contributed by atoms with Gasteiger partial charge in [0.05, 0.1) is 5.56 Å². The van der Waals surface area contributed by atoms with Crippen LogP contribution in [0.2, 0.25) is 0 Å². The highest BCUT2D eigenvalue weighted by Gasteiger charge is 2.11. The number of ether oxygens (including phenoxy) is 1. The zero-order chi connectivity index (χ0) is 14.4. The zero-order valence-electron chi connectivity index (χ0n) is 10.3. The number of nitriles is 1. The number of nitrogens with one attached hydrogen (secondary N) is 1. The van der Waals surface area contributed by atoms with Crippen molar-refractivity contribution in [3.63, 3.8) is 0 Å². The summed E-state index contributed by atoms with van der Waals surface area (Å²) in [7, 11) is 0. The van der Waals surface area contributed by atoms with Gasteiger partial charge in [0.1, 0.15) is 11.8 Å². The van der Waals surface area contributed by atoms with Gasteiger partial charge < -0.3 is 10.1 Å². The van der Waals surface area contributed by atoms with Crippen molar-refractivity contribution in [2.45, 2.75) is 0 Å². The largest absolute Gasteiger partial charge is 0.479 e. The van der Waals surface area contributed by atoms with E-state index in [9.17, 15) is 9.18 Å². The summed E-state index contributed by atoms with van der Waals surface area (Å²) in [5.74, 6) is -0.891. The van der Waals surface area contributed by atoms with E-state index in [1.807, 2.05) is 6.07 Å². The van der Waals surface area contributed by atoms with E-state index >= 15 is 0 Å². The van der Waals surface area contributed by atoms with Crippen LogP contribution in [0.15, 0.2) is 42.6 Å². The Balaban J connectivity index is 2.05. The molecule has 0 saturated heterocycles. The molecule has 0 fully saturated rings. The monoisotopic (exact) mass is 271 g/mol. The standard InChI is InChI=1S/C14H10FN3O2/c15-13-12(2-1-8-17-13)14(19)18-10-3-5-11(6-4-10)20-9-7-16/h1-6,8H,9H2,(H,18,19). The first-order valence-corrected chi connectivity index (χ1v) is 5.72. The second kappa shape index (κ2) is 6.29. The highest BCUT2D eigenvalue weighted by Crippen LogP contribution is 2.16. The SMILES string of the molecule is N#CCOc1ccc(NC(=O)c2cccnc2F)cc1. The van der Waals surface area contributed by atoms with Crippen LogP contribution >= 0.6 is 0 Å². The van der Waals surface area contributed by atoms with Crippen LogP contribution in [0.1, 0.15) is 10.4 Å². The molecule has 0 spiro atoms. The first kappa shape index (κ1) is 13.5. The number of benzene rings is 1. The molecule has 20 heavy (non-hydrogen) atoms. The Morgan fingerprint density at radius 2 is 2.10 bits per heavy atom. The Morgan fingerprint density at radius 3 is 2.75 bits per heavy atom. The number of hydrogen-bond donors (Lipinski definition) is 1. The summed E-state index contributed by atoms with van der Waals surface area (Å²) in [6, 6.07) is 11.1. The van der Waals surface area contributed by atoms with Crippen LogP contribution in [-0.2, 0) is 0 Å². The first-order valence-electron chi connectivity index (χ1n) is 5.72. The minimum absolute atomic E-state index is 0.0490. The summed E-state index contributed by atoms with van der Waals surface area (Å²) < 4.78 is 18.4. The maximum atomic E-state index is 13.3. The third kappa shape index (κ3) is 3.29. The van der Waals surface area contributed by atoms with Crippen molar-refractivity contribution in [2.24, 2.45) is 0 Å². The molecule has 100 valence electrons. The Labute approximate surface area is 114 Å². The van der Waals surface area contributed by atoms with Crippen molar-refractivity contribution in [1.82, 2.24) is 4.98 Å². The van der Waals surface area contributed by atoms with Gasteiger partial charge >= 0.3 is 0 Å². The van der Waals surface area contributed by atoms with Gasteiger partial charge in [0.2, 0.25) is 5.95 Å². The number of nitrogens with zero attached hydrogens (tertiary/aromatic N) is 2. The van der Waals surface area contributed by atoms with Crippen molar-refractivity contribution < 1.29 is 13.9 Å². The van der Waals surface area contributed by atoms with Gasteiger partial charge in [0.25, 0.3) is 5.91 Å². The van der Waals surface area contributed by atoms with Gasteiger partial charge in [-0.25, -0.2) is 4.98 Å². The molecule has 0 unspecified atom stereocenters. The van der Waals surface area contributed by atoms with E-state index in [1.165, 1.54) is 18.3 Å². The highest BCUT2D eigenvalue weighted by molar-refractivity contribution is 6.04. The molecule has 0 atom stereocenters. The smallest absolute Gasteiger partial charge is 0.260 e. The van der Waals surface area contributed by atoms with Gasteiger partial charge in [-0.05, 0) is 36.4 Å². The van der Waals surface area contributed by atoms with Crippen molar-refractivity contribution in [2.75, 3.05) is 11.9 Å². The molecule has 1 aromatic carbocycles. The fourth-order valence-electron chi connectivity index (χ4n) is 1.50. The van der Waals surface area contributed by atoms with Crippen LogP contribution in [0.3, 0.4) is 0 Å². The predicted octanol–water partition coefficient (Wildman–Crippen LogP) is 2.38. The molecule has 2 rings (SSSR count). The number of rotatable bonds is 4. The van der Waals surface area contributed by atoms with E-state index in [2.05, 4.69) is 10.3 Å². The number of halogens is 1. The molecule has 0 bridgehead atoms. The van der Waals surface area contributed by atoms with Crippen molar-refractivity contribution >= 4 is 11.6 Å². The quantitative estimate of drug-likeness (QED) is 0.866. The van der Waals surface area contributed by atoms with Crippen LogP contribution < -0.4 is 10.1 Å². The Hall–Kier alpha value is -2.94. The third-order valence-corrected chi connectivity index (χ3v) is 2.42. The zero-order valence-corrected chi connectivity index (χ0v) is 10.3. The van der Waals surface area contributed by atoms with E-state index in [-0.39, 0.29) is 12.2 Å². The fourth-order valence-corrected chi connectivity index (χ4v) is 1.50. The highest BCUT2D eigenvalue weighted by atomic mass is 19.1. The summed E-state index contributed by atoms with van der Waals surface area (Å²) in [6.07, 6.45) is 1.27. The molecular weight excluding hydrogens is 261 g/mol. The number of aromatic nitrogens is 1. The summed E-state index contributed by atoms with van der Waals surface area (Å²) in [6.45, 7) is -0.0490. The van der Waals surface area contributed by atoms with Gasteiger partial charge in [0.15, 0.2) is 6.61 Å². The molecular formula is C14H10FN3O2. The average Bonchev–Trinajstić information content (AvgIpc) is 2.47. The van der Waals surface area contributed by atoms with E-state index in [0.29, 0.717) is 11.4 Å². The number of carbonyl (C=O) groups is 1. The summed E-state index contributed by atoms with van der Waals surface area (Å²) in [4.78, 5) is 15.2. The lowest BCUT2D eigenvalue weighted by Crippen LogP contribution is -2.14. The van der Waals surface area contributed by atoms with Crippen LogP contribution in [0.4, 0.5) is 10.1 Å². The summed E-state index contributed by atoms with van der Waals surface area (Å²) in [5, 5.41) is 10.9. The number of carbonyl (C=O) groups excluding carboxylic acids is 1. The minimum atomic E-state index is -0.820. The molecule has 0 saturated carbocycles. The second-order valence-electron chi connectivity index (χ2n) is 3.77. The molecule has 6 heteroatoms. The van der Waals surface area contributed by atoms with Gasteiger partial charge in [-0.3, -0.25) is 4.79 Å². The normalized spacial score (nSPS) is 9.60. The van der Waals surface area contributed by atoms with Crippen LogP contribution in [0, 0.1) is 17.3 Å². The molecule has 0 aliphatic heterocycles. The molecule has 0 aliphatic carbocycles. The van der Waals surface area contributed by atoms with Gasteiger partial charge in [0, 0.05) is 11.9 Å². The van der Waals surface area contributed by atoms with Gasteiger partial charge in [-0.2, -0.15) is 9.65 Å². The molecule has 0 aliphatic rings. The topological polar surface area (TPSA) is 75.0 Å². The molecule has 1 heterocycles. The Kier molecular flexibility index (Phi) is 4.24. The lowest BCUT2D eigenvalue weighted by molar-refractivity contribution is 0.102. The predicted molar refractivity (Wildman–Crippen MR) is 69.7 cm³/mol. The van der Waals surface area contributed by atoms with Gasteiger partial charge in [-0.15, -0.1) is 0 Å². The molecule has 0 radical (unpaired) electrons. The van der Waals surface area contributed by atoms with E-state index in [1.54, 1.807) is 24.3 Å². The van der Waals surface area contributed by atoms with Crippen LogP contribution in [0.5, 0.6) is 5.75 Å². The molecule has 1 aromatic heterocycles. The van der Waals surface area contributed by atoms with E-state index < -0.39 is 11.9 Å². The minimum Gasteiger partial charge on any atom is -0.479 e. The van der Waals surface area contributed by atoms with Crippen molar-refractivity contribution in [3.8, 4) is 11.8 Å². The number of hydrogen-bond acceptors (Lipinski definition) is 4. The molecule has 2 aromatic rings. The lowest BCUT2D eigenvalue weighted by atomic mass is 10.2. The van der Waals surface area contributed by atoms with Gasteiger partial charge in [-0.1, -0.05) is 0 Å². The lowest BCUT2D eigenvalue weighted by Gasteiger charge is -2.07. The first-order chi connectivity index (χ1) is 9.70. The van der Waals surface area contributed by atoms with Crippen LogP contribution in [0.25, 0.3) is 0 Å². The molecule has 1 N–H and O–H groups in total. The average molecular weight is 271 g/mol. The Morgan fingerprint density at radius 1 is 1.35 bits per heavy atom. The number of anilines is 1. The van der Waals surface area contributed by atoms with E-state index in [4.69, 9.17) is 10.00 Å². The van der Waals surface area contributed by atoms with Crippen molar-refractivity contribution in [1.29, 1.82) is 5.26 Å². The number of pyridine rings is 1. The van der Waals surface area contributed by atoms with Crippen LogP contribution in [-0.4, -0.2) is 17.5 Å². The maximum absolute atomic E-state index is 13.3. The van der Waals surface area contributed by atoms with Crippen molar-refractivity contribution in [3.05, 3.63) is 54.1 Å². The number of amides is 1. The second-order valence-corrected chi connectivity index (χ2v) is 3.77. The summed E-state index contributed by atoms with van der Waals surface area (Å²) in [5.41, 5.74) is 0.361. The third-order valence-electron chi connectivity index (χ3n) is 2.42.